The molecule has 0 aliphatic rings. The van der Waals surface area contributed by atoms with E-state index in [2.05, 4.69) is 0 Å². The molecule has 0 fully saturated rings. The molecular weight excluding hydrogens is 546 g/mol. The van der Waals surface area contributed by atoms with Crippen LogP contribution in [0.15, 0.2) is 18.2 Å². The van der Waals surface area contributed by atoms with Gasteiger partial charge in [0.25, 0.3) is 0 Å². The van der Waals surface area contributed by atoms with Crippen molar-refractivity contribution in [2.45, 2.75) is 105 Å². The lowest BCUT2D eigenvalue weighted by Crippen LogP contribution is -2.42. The van der Waals surface area contributed by atoms with Crippen molar-refractivity contribution >= 4 is 24.2 Å². The van der Waals surface area contributed by atoms with E-state index in [-0.39, 0.29) is 48.9 Å². The summed E-state index contributed by atoms with van der Waals surface area (Å²) in [6.45, 7) is 13.4. The van der Waals surface area contributed by atoms with E-state index >= 15 is 0 Å². The van der Waals surface area contributed by atoms with Crippen LogP contribution in [0.25, 0.3) is 0 Å². The van der Waals surface area contributed by atoms with Gasteiger partial charge in [0.2, 0.25) is 0 Å². The van der Waals surface area contributed by atoms with Crippen LogP contribution in [0.4, 0.5) is 9.59 Å². The first-order valence-electron chi connectivity index (χ1n) is 14.8. The van der Waals surface area contributed by atoms with Crippen LogP contribution in [-0.2, 0) is 23.8 Å². The second-order valence-corrected chi connectivity index (χ2v) is 11.0. The molecule has 3 N–H and O–H groups in total. The number of ether oxygens (including phenoxy) is 5. The monoisotopic (exact) mass is 595 g/mol. The molecule has 0 aromatic heterocycles. The number of hydrogen-bond donors (Lipinski definition) is 2. The summed E-state index contributed by atoms with van der Waals surface area (Å²) >= 11 is 0. The van der Waals surface area contributed by atoms with Crippen molar-refractivity contribution in [2.24, 2.45) is 23.5 Å². The molecule has 238 valence electrons. The maximum absolute atomic E-state index is 12.5. The zero-order valence-electron chi connectivity index (χ0n) is 26.1. The van der Waals surface area contributed by atoms with Gasteiger partial charge in [-0.1, -0.05) is 73.3 Å². The van der Waals surface area contributed by atoms with Crippen molar-refractivity contribution in [3.63, 3.8) is 0 Å². The molecule has 0 amide bonds. The van der Waals surface area contributed by atoms with E-state index in [0.717, 1.165) is 25.7 Å². The summed E-state index contributed by atoms with van der Waals surface area (Å²) in [6.07, 6.45) is 1.71. The highest BCUT2D eigenvalue weighted by molar-refractivity contribution is 5.75. The molecule has 1 aromatic rings. The Labute approximate surface area is 249 Å². The maximum atomic E-state index is 12.5. The van der Waals surface area contributed by atoms with E-state index in [0.29, 0.717) is 12.0 Å². The van der Waals surface area contributed by atoms with Crippen LogP contribution in [0.1, 0.15) is 98.5 Å². The van der Waals surface area contributed by atoms with Gasteiger partial charge in [-0.3, -0.25) is 9.59 Å². The molecule has 0 spiro atoms. The van der Waals surface area contributed by atoms with Gasteiger partial charge >= 0.3 is 24.2 Å². The molecular formula is C31H49NO10. The number of benzene rings is 1. The number of carboxylic acids is 1. The molecule has 1 aromatic carbocycles. The van der Waals surface area contributed by atoms with Gasteiger partial charge in [0.15, 0.2) is 11.5 Å². The van der Waals surface area contributed by atoms with Gasteiger partial charge in [0, 0.05) is 18.3 Å². The van der Waals surface area contributed by atoms with Crippen LogP contribution >= 0.6 is 0 Å². The number of carbonyl (C=O) groups excluding carboxylic acids is 3. The van der Waals surface area contributed by atoms with Gasteiger partial charge in [0.1, 0.15) is 12.1 Å². The predicted molar refractivity (Wildman–Crippen MR) is 157 cm³/mol. The van der Waals surface area contributed by atoms with Gasteiger partial charge in [0.05, 0.1) is 13.2 Å². The molecule has 0 aliphatic carbocycles. The average Bonchev–Trinajstić information content (AvgIpc) is 2.95. The summed E-state index contributed by atoms with van der Waals surface area (Å²) in [4.78, 5) is 49.3. The van der Waals surface area contributed by atoms with Crippen molar-refractivity contribution in [3.05, 3.63) is 23.8 Å². The minimum Gasteiger partial charge on any atom is -0.480 e. The predicted octanol–water partition coefficient (Wildman–Crippen LogP) is 6.45. The van der Waals surface area contributed by atoms with Crippen molar-refractivity contribution in [1.82, 2.24) is 0 Å². The SMILES string of the molecule is CCCCCC(=O)OC(C)C(C)C(c1ccc(OC(=O)OCC(C)CC)c(OC(=O)OCC(C)CC)c1)[C@H](N)C(=O)O. The lowest BCUT2D eigenvalue weighted by molar-refractivity contribution is -0.151. The van der Waals surface area contributed by atoms with E-state index in [9.17, 15) is 24.3 Å². The molecule has 11 nitrogen and oxygen atoms in total. The summed E-state index contributed by atoms with van der Waals surface area (Å²) in [5.41, 5.74) is 6.50. The number of carboxylic acid groups (broad SMARTS) is 1. The molecule has 42 heavy (non-hydrogen) atoms. The van der Waals surface area contributed by atoms with Gasteiger partial charge in [-0.2, -0.15) is 0 Å². The Hall–Kier alpha value is -3.34. The molecule has 0 heterocycles. The highest BCUT2D eigenvalue weighted by Crippen LogP contribution is 2.37. The third-order valence-corrected chi connectivity index (χ3v) is 7.39. The Morgan fingerprint density at radius 2 is 1.38 bits per heavy atom. The summed E-state index contributed by atoms with van der Waals surface area (Å²) in [7, 11) is 0. The summed E-state index contributed by atoms with van der Waals surface area (Å²) in [5.74, 6) is -3.15. The molecule has 0 saturated heterocycles. The Kier molecular flexibility index (Phi) is 16.6. The Morgan fingerprint density at radius 1 is 0.833 bits per heavy atom. The highest BCUT2D eigenvalue weighted by atomic mass is 16.7. The third-order valence-electron chi connectivity index (χ3n) is 7.39. The zero-order valence-corrected chi connectivity index (χ0v) is 26.1. The number of nitrogens with two attached hydrogens (primary N) is 1. The number of rotatable bonds is 18. The summed E-state index contributed by atoms with van der Waals surface area (Å²) < 4.78 is 26.7. The molecule has 0 radical (unpaired) electrons. The second kappa shape index (κ2) is 19.0. The second-order valence-electron chi connectivity index (χ2n) is 11.0. The number of esters is 1. The topological polar surface area (TPSA) is 161 Å². The molecule has 11 heteroatoms. The van der Waals surface area contributed by atoms with E-state index in [4.69, 9.17) is 29.4 Å². The van der Waals surface area contributed by atoms with E-state index < -0.39 is 42.3 Å². The third kappa shape index (κ3) is 12.7. The number of carbonyl (C=O) groups is 4. The standard InChI is InChI=1S/C31H49NO10/c1-8-11-12-13-26(33)40-22(7)21(6)27(28(32)29(34)35)23-14-15-24(41-30(36)38-17-19(4)9-2)25(16-23)42-31(37)39-18-20(5)10-3/h14-16,19-22,27-28H,8-13,17-18,32H2,1-7H3,(H,34,35)/t19?,20?,21?,22?,27?,28-/m0/s1. The first-order valence-corrected chi connectivity index (χ1v) is 14.8. The average molecular weight is 596 g/mol. The minimum absolute atomic E-state index is 0.0973. The van der Waals surface area contributed by atoms with E-state index in [1.54, 1.807) is 13.8 Å². The van der Waals surface area contributed by atoms with Crippen molar-refractivity contribution < 1.29 is 48.0 Å². The molecule has 5 unspecified atom stereocenters. The van der Waals surface area contributed by atoms with Crippen molar-refractivity contribution in [3.8, 4) is 11.5 Å². The van der Waals surface area contributed by atoms with Gasteiger partial charge in [-0.05, 0) is 42.9 Å². The van der Waals surface area contributed by atoms with E-state index in [1.165, 1.54) is 18.2 Å². The van der Waals surface area contributed by atoms with E-state index in [1.807, 2.05) is 34.6 Å². The molecule has 0 saturated carbocycles. The van der Waals surface area contributed by atoms with Gasteiger partial charge < -0.3 is 34.5 Å². The summed E-state index contributed by atoms with van der Waals surface area (Å²) in [6, 6.07) is 2.88. The van der Waals surface area contributed by atoms with Gasteiger partial charge in [-0.15, -0.1) is 0 Å². The van der Waals surface area contributed by atoms with Crippen molar-refractivity contribution in [1.29, 1.82) is 0 Å². The van der Waals surface area contributed by atoms with Crippen LogP contribution in [-0.4, -0.2) is 54.7 Å². The van der Waals surface area contributed by atoms with Crippen molar-refractivity contribution in [2.75, 3.05) is 13.2 Å². The normalized spacial score (nSPS) is 15.3. The molecule has 6 atom stereocenters. The number of aliphatic carboxylic acids is 1. The van der Waals surface area contributed by atoms with Crippen LogP contribution in [0.3, 0.4) is 0 Å². The van der Waals surface area contributed by atoms with Gasteiger partial charge in [-0.25, -0.2) is 9.59 Å². The Morgan fingerprint density at radius 3 is 1.88 bits per heavy atom. The maximum Gasteiger partial charge on any atom is 0.513 e. The minimum atomic E-state index is -1.39. The lowest BCUT2D eigenvalue weighted by Gasteiger charge is -2.32. The first-order chi connectivity index (χ1) is 19.8. The number of hydrogen-bond acceptors (Lipinski definition) is 10. The molecule has 0 bridgehead atoms. The fourth-order valence-corrected chi connectivity index (χ4v) is 3.97. The fourth-order valence-electron chi connectivity index (χ4n) is 3.97. The quantitative estimate of drug-likeness (QED) is 0.0830. The Bertz CT molecular complexity index is 1010. The van der Waals surface area contributed by atoms with Crippen LogP contribution in [0.2, 0.25) is 0 Å². The van der Waals surface area contributed by atoms with Crippen LogP contribution in [0.5, 0.6) is 11.5 Å². The smallest absolute Gasteiger partial charge is 0.480 e. The van der Waals surface area contributed by atoms with Crippen LogP contribution < -0.4 is 15.2 Å². The highest BCUT2D eigenvalue weighted by Gasteiger charge is 2.36. The fraction of sp³-hybridized carbons (Fsp3) is 0.677. The number of unbranched alkanes of at least 4 members (excludes halogenated alkanes) is 2. The first kappa shape index (κ1) is 36.7. The molecule has 0 aliphatic heterocycles. The Balaban J connectivity index is 3.35. The molecule has 1 rings (SSSR count). The summed E-state index contributed by atoms with van der Waals surface area (Å²) in [5, 5.41) is 9.80. The van der Waals surface area contributed by atoms with Crippen LogP contribution in [0, 0.1) is 17.8 Å². The largest absolute Gasteiger partial charge is 0.513 e. The zero-order chi connectivity index (χ0) is 31.8. The lowest BCUT2D eigenvalue weighted by atomic mass is 9.79.